The third-order valence-electron chi connectivity index (χ3n) is 3.76. The lowest BCUT2D eigenvalue weighted by molar-refractivity contribution is -0.139. The summed E-state index contributed by atoms with van der Waals surface area (Å²) in [5.41, 5.74) is -1.09. The molecule has 136 valence electrons. The zero-order valence-electron chi connectivity index (χ0n) is 15.4. The predicted octanol–water partition coefficient (Wildman–Crippen LogP) is 0.978. The Morgan fingerprint density at radius 1 is 1.16 bits per heavy atom. The monoisotopic (exact) mass is 366 g/mol. The molecule has 8 nitrogen and oxygen atoms in total. The second-order valence-corrected chi connectivity index (χ2v) is 8.12. The van der Waals surface area contributed by atoms with Gasteiger partial charge in [-0.25, -0.2) is 14.8 Å². The van der Waals surface area contributed by atoms with E-state index in [2.05, 4.69) is 9.97 Å². The van der Waals surface area contributed by atoms with Gasteiger partial charge < -0.3 is 4.74 Å². The van der Waals surface area contributed by atoms with E-state index in [1.807, 2.05) is 20.8 Å². The standard InChI is InChI=1S/C16H22N4O4S/c1-8(13(22)24-7)25-11-9-10(17-14(18-11)16(2,3)4)19(5)15(23)20(6)12(9)21/h8H,1-7H3. The largest absolute Gasteiger partial charge is 0.468 e. The molecule has 0 bridgehead atoms. The van der Waals surface area contributed by atoms with Crippen LogP contribution < -0.4 is 11.2 Å². The Labute approximate surface area is 149 Å². The Hall–Kier alpha value is -2.16. The number of carbonyl (C=O) groups is 1. The molecule has 2 aromatic heterocycles. The maximum atomic E-state index is 12.6. The number of aryl methyl sites for hydroxylation is 1. The molecule has 0 radical (unpaired) electrons. The lowest BCUT2D eigenvalue weighted by Gasteiger charge is -2.20. The minimum Gasteiger partial charge on any atom is -0.468 e. The summed E-state index contributed by atoms with van der Waals surface area (Å²) in [4.78, 5) is 45.6. The number of carbonyl (C=O) groups excluding carboxylic acids is 1. The van der Waals surface area contributed by atoms with E-state index in [1.54, 1.807) is 14.0 Å². The predicted molar refractivity (Wildman–Crippen MR) is 96.1 cm³/mol. The maximum absolute atomic E-state index is 12.6. The van der Waals surface area contributed by atoms with Crippen molar-refractivity contribution in [3.8, 4) is 0 Å². The number of hydrogen-bond acceptors (Lipinski definition) is 7. The number of aromatic nitrogens is 4. The molecule has 0 saturated carbocycles. The Morgan fingerprint density at radius 3 is 2.28 bits per heavy atom. The van der Waals surface area contributed by atoms with Gasteiger partial charge in [0.15, 0.2) is 5.65 Å². The molecule has 0 fully saturated rings. The van der Waals surface area contributed by atoms with Crippen molar-refractivity contribution in [1.29, 1.82) is 0 Å². The molecular formula is C16H22N4O4S. The molecule has 0 aliphatic carbocycles. The van der Waals surface area contributed by atoms with E-state index in [0.717, 1.165) is 16.3 Å². The summed E-state index contributed by atoms with van der Waals surface area (Å²) in [7, 11) is 4.27. The van der Waals surface area contributed by atoms with Gasteiger partial charge in [-0.2, -0.15) is 0 Å². The van der Waals surface area contributed by atoms with Gasteiger partial charge in [-0.1, -0.05) is 32.5 Å². The topological polar surface area (TPSA) is 96.1 Å². The molecule has 2 aromatic rings. The number of fused-ring (bicyclic) bond motifs is 1. The van der Waals surface area contributed by atoms with Crippen molar-refractivity contribution in [2.24, 2.45) is 14.1 Å². The van der Waals surface area contributed by atoms with Gasteiger partial charge in [-0.3, -0.25) is 18.7 Å². The fourth-order valence-electron chi connectivity index (χ4n) is 2.23. The third-order valence-corrected chi connectivity index (χ3v) is 4.82. The summed E-state index contributed by atoms with van der Waals surface area (Å²) in [6.07, 6.45) is 0. The average molecular weight is 366 g/mol. The Balaban J connectivity index is 2.88. The Bertz CT molecular complexity index is 956. The first-order chi connectivity index (χ1) is 11.5. The lowest BCUT2D eigenvalue weighted by Crippen LogP contribution is -2.38. The quantitative estimate of drug-likeness (QED) is 0.454. The molecule has 9 heteroatoms. The summed E-state index contributed by atoms with van der Waals surface area (Å²) in [5, 5.41) is 0.0280. The van der Waals surface area contributed by atoms with Gasteiger partial charge in [-0.05, 0) is 6.92 Å². The van der Waals surface area contributed by atoms with Crippen LogP contribution in [0.4, 0.5) is 0 Å². The molecule has 0 aromatic carbocycles. The summed E-state index contributed by atoms with van der Waals surface area (Å²) in [6.45, 7) is 7.48. The SMILES string of the molecule is COC(=O)C(C)Sc1nc(C(C)(C)C)nc2c1c(=O)n(C)c(=O)n2C. The van der Waals surface area contributed by atoms with E-state index in [1.165, 1.54) is 18.7 Å². The smallest absolute Gasteiger partial charge is 0.332 e. The van der Waals surface area contributed by atoms with Crippen molar-refractivity contribution in [2.45, 2.75) is 43.4 Å². The molecule has 0 spiro atoms. The van der Waals surface area contributed by atoms with Gasteiger partial charge in [-0.15, -0.1) is 0 Å². The zero-order chi connectivity index (χ0) is 19.1. The maximum Gasteiger partial charge on any atom is 0.332 e. The Morgan fingerprint density at radius 2 is 1.76 bits per heavy atom. The van der Waals surface area contributed by atoms with E-state index < -0.39 is 27.9 Å². The second kappa shape index (κ2) is 6.62. The minimum atomic E-state index is -0.558. The van der Waals surface area contributed by atoms with E-state index in [0.29, 0.717) is 10.9 Å². The van der Waals surface area contributed by atoms with Crippen LogP contribution in [0, 0.1) is 0 Å². The zero-order valence-corrected chi connectivity index (χ0v) is 16.2. The van der Waals surface area contributed by atoms with Crippen molar-refractivity contribution in [3.05, 3.63) is 26.7 Å². The van der Waals surface area contributed by atoms with Crippen LogP contribution in [-0.2, 0) is 29.0 Å². The average Bonchev–Trinajstić information content (AvgIpc) is 2.55. The first-order valence-electron chi connectivity index (χ1n) is 7.71. The first kappa shape index (κ1) is 19.2. The molecule has 0 amide bonds. The van der Waals surface area contributed by atoms with E-state index in [4.69, 9.17) is 4.74 Å². The van der Waals surface area contributed by atoms with Crippen LogP contribution >= 0.6 is 11.8 Å². The van der Waals surface area contributed by atoms with Crippen molar-refractivity contribution in [2.75, 3.05) is 7.11 Å². The second-order valence-electron chi connectivity index (χ2n) is 6.79. The number of thioether (sulfide) groups is 1. The number of esters is 1. The van der Waals surface area contributed by atoms with Crippen molar-refractivity contribution >= 4 is 28.8 Å². The molecule has 0 aliphatic rings. The number of methoxy groups -OCH3 is 1. The summed E-state index contributed by atoms with van der Waals surface area (Å²) >= 11 is 1.12. The number of hydrogen-bond donors (Lipinski definition) is 0. The van der Waals surface area contributed by atoms with Crippen LogP contribution in [0.1, 0.15) is 33.5 Å². The van der Waals surface area contributed by atoms with Crippen molar-refractivity contribution in [1.82, 2.24) is 19.1 Å². The number of rotatable bonds is 3. The molecule has 0 aliphatic heterocycles. The van der Waals surface area contributed by atoms with Crippen LogP contribution in [0.5, 0.6) is 0 Å². The van der Waals surface area contributed by atoms with Crippen LogP contribution in [0.2, 0.25) is 0 Å². The van der Waals surface area contributed by atoms with E-state index in [9.17, 15) is 14.4 Å². The van der Waals surface area contributed by atoms with Crippen molar-refractivity contribution in [3.63, 3.8) is 0 Å². The minimum absolute atomic E-state index is 0.221. The highest BCUT2D eigenvalue weighted by Gasteiger charge is 2.26. The normalized spacial score (nSPS) is 13.1. The highest BCUT2D eigenvalue weighted by atomic mass is 32.2. The van der Waals surface area contributed by atoms with E-state index in [-0.39, 0.29) is 11.0 Å². The van der Waals surface area contributed by atoms with Gasteiger partial charge in [0.05, 0.1) is 7.11 Å². The van der Waals surface area contributed by atoms with Crippen LogP contribution in [-0.4, -0.2) is 37.4 Å². The highest BCUT2D eigenvalue weighted by Crippen LogP contribution is 2.29. The summed E-state index contributed by atoms with van der Waals surface area (Å²) < 4.78 is 7.08. The molecule has 25 heavy (non-hydrogen) atoms. The van der Waals surface area contributed by atoms with Gasteiger partial charge in [0.25, 0.3) is 5.56 Å². The molecule has 1 unspecified atom stereocenters. The number of nitrogens with zero attached hydrogens (tertiary/aromatic N) is 4. The highest BCUT2D eigenvalue weighted by molar-refractivity contribution is 8.00. The first-order valence-corrected chi connectivity index (χ1v) is 8.59. The van der Waals surface area contributed by atoms with Gasteiger partial charge in [0.2, 0.25) is 0 Å². The fourth-order valence-corrected chi connectivity index (χ4v) is 3.19. The molecule has 1 atom stereocenters. The molecule has 0 saturated heterocycles. The van der Waals surface area contributed by atoms with Crippen LogP contribution in [0.15, 0.2) is 14.6 Å². The van der Waals surface area contributed by atoms with E-state index >= 15 is 0 Å². The molecular weight excluding hydrogens is 344 g/mol. The molecule has 0 N–H and O–H groups in total. The Kier molecular flexibility index (Phi) is 5.08. The van der Waals surface area contributed by atoms with Gasteiger partial charge >= 0.3 is 11.7 Å². The van der Waals surface area contributed by atoms with Crippen LogP contribution in [0.25, 0.3) is 11.0 Å². The lowest BCUT2D eigenvalue weighted by atomic mass is 9.96. The summed E-state index contributed by atoms with van der Waals surface area (Å²) in [5.74, 6) is 0.0681. The van der Waals surface area contributed by atoms with Crippen LogP contribution in [0.3, 0.4) is 0 Å². The molecule has 2 heterocycles. The molecule has 2 rings (SSSR count). The summed E-state index contributed by atoms with van der Waals surface area (Å²) in [6, 6.07) is 0. The van der Waals surface area contributed by atoms with Crippen molar-refractivity contribution < 1.29 is 9.53 Å². The fraction of sp³-hybridized carbons (Fsp3) is 0.562. The third kappa shape index (κ3) is 3.46. The van der Waals surface area contributed by atoms with Gasteiger partial charge in [0.1, 0.15) is 21.5 Å². The van der Waals surface area contributed by atoms with Gasteiger partial charge in [0, 0.05) is 19.5 Å². The number of ether oxygens (including phenoxy) is 1.